The largest absolute Gasteiger partial charge is 0.448 e. The zero-order valence-electron chi connectivity index (χ0n) is 13.5. The van der Waals surface area contributed by atoms with Crippen LogP contribution in [0, 0.1) is 5.92 Å². The molecule has 4 rings (SSSR count). The zero-order chi connectivity index (χ0) is 15.6. The summed E-state index contributed by atoms with van der Waals surface area (Å²) in [7, 11) is 0. The van der Waals surface area contributed by atoms with Gasteiger partial charge in [0.1, 0.15) is 11.3 Å². The van der Waals surface area contributed by atoms with Crippen LogP contribution in [0.1, 0.15) is 25.6 Å². The Morgan fingerprint density at radius 1 is 1.30 bits per heavy atom. The van der Waals surface area contributed by atoms with Crippen molar-refractivity contribution in [3.05, 3.63) is 42.5 Å². The Labute approximate surface area is 135 Å². The Bertz CT molecular complexity index is 778. The molecular formula is C18H22N4O. The number of nitrogens with zero attached hydrogens (tertiary/aromatic N) is 4. The number of fused-ring (bicyclic) bond motifs is 1. The molecule has 0 bridgehead atoms. The quantitative estimate of drug-likeness (QED) is 0.742. The van der Waals surface area contributed by atoms with Gasteiger partial charge < -0.3 is 9.32 Å². The zero-order valence-corrected chi connectivity index (χ0v) is 13.5. The molecule has 3 aromatic rings. The first-order valence-corrected chi connectivity index (χ1v) is 8.43. The minimum Gasteiger partial charge on any atom is -0.448 e. The Morgan fingerprint density at radius 3 is 3.09 bits per heavy atom. The highest BCUT2D eigenvalue weighted by Crippen LogP contribution is 2.25. The molecule has 4 heterocycles. The molecule has 0 spiro atoms. The third kappa shape index (κ3) is 2.77. The van der Waals surface area contributed by atoms with Gasteiger partial charge in [-0.25, -0.2) is 14.5 Å². The van der Waals surface area contributed by atoms with Crippen molar-refractivity contribution in [2.75, 3.05) is 19.6 Å². The smallest absolute Gasteiger partial charge is 0.206 e. The van der Waals surface area contributed by atoms with Crippen LogP contribution in [0.3, 0.4) is 0 Å². The van der Waals surface area contributed by atoms with Crippen LogP contribution in [0.2, 0.25) is 0 Å². The molecule has 1 fully saturated rings. The number of piperidine rings is 1. The van der Waals surface area contributed by atoms with Crippen LogP contribution in [0.5, 0.6) is 0 Å². The summed E-state index contributed by atoms with van der Waals surface area (Å²) < 4.78 is 7.70. The summed E-state index contributed by atoms with van der Waals surface area (Å²) in [6.45, 7) is 5.76. The number of hydrogen-bond acceptors (Lipinski definition) is 4. The predicted molar refractivity (Wildman–Crippen MR) is 89.7 cm³/mol. The van der Waals surface area contributed by atoms with Gasteiger partial charge in [0.2, 0.25) is 5.88 Å². The molecule has 1 atom stereocenters. The fourth-order valence-electron chi connectivity index (χ4n) is 3.59. The van der Waals surface area contributed by atoms with Gasteiger partial charge in [-0.05, 0) is 50.0 Å². The van der Waals surface area contributed by atoms with Gasteiger partial charge in [0.25, 0.3) is 0 Å². The van der Waals surface area contributed by atoms with Crippen molar-refractivity contribution in [2.45, 2.75) is 26.2 Å². The van der Waals surface area contributed by atoms with Gasteiger partial charge in [-0.15, -0.1) is 0 Å². The number of furan rings is 1. The van der Waals surface area contributed by atoms with Gasteiger partial charge in [-0.1, -0.05) is 6.92 Å². The minimum atomic E-state index is 0.647. The minimum absolute atomic E-state index is 0.647. The predicted octanol–water partition coefficient (Wildman–Crippen LogP) is 3.29. The third-order valence-electron chi connectivity index (χ3n) is 4.73. The first-order valence-electron chi connectivity index (χ1n) is 8.43. The van der Waals surface area contributed by atoms with Crippen molar-refractivity contribution in [3.8, 4) is 5.88 Å². The van der Waals surface area contributed by atoms with E-state index < -0.39 is 0 Å². The molecule has 0 aliphatic carbocycles. The second-order valence-corrected chi connectivity index (χ2v) is 6.27. The van der Waals surface area contributed by atoms with E-state index in [4.69, 9.17) is 9.40 Å². The number of aromatic nitrogens is 3. The van der Waals surface area contributed by atoms with Gasteiger partial charge in [-0.3, -0.25) is 0 Å². The van der Waals surface area contributed by atoms with E-state index in [0.29, 0.717) is 5.92 Å². The van der Waals surface area contributed by atoms with Gasteiger partial charge >= 0.3 is 0 Å². The molecule has 5 nitrogen and oxygen atoms in total. The molecule has 120 valence electrons. The Hall–Kier alpha value is -2.14. The summed E-state index contributed by atoms with van der Waals surface area (Å²) in [4.78, 5) is 11.9. The highest BCUT2D eigenvalue weighted by Gasteiger charge is 2.23. The molecule has 3 aromatic heterocycles. The van der Waals surface area contributed by atoms with E-state index in [9.17, 15) is 0 Å². The number of likely N-dealkylation sites (tertiary alicyclic amines) is 1. The molecule has 5 heteroatoms. The van der Waals surface area contributed by atoms with E-state index >= 15 is 0 Å². The van der Waals surface area contributed by atoms with Crippen LogP contribution in [-0.2, 0) is 6.42 Å². The fraction of sp³-hybridized carbons (Fsp3) is 0.444. The van der Waals surface area contributed by atoms with Crippen molar-refractivity contribution in [3.63, 3.8) is 0 Å². The van der Waals surface area contributed by atoms with Crippen molar-refractivity contribution < 1.29 is 4.42 Å². The monoisotopic (exact) mass is 310 g/mol. The summed E-state index contributed by atoms with van der Waals surface area (Å²) in [6, 6.07) is 7.83. The van der Waals surface area contributed by atoms with Gasteiger partial charge in [0.15, 0.2) is 5.65 Å². The molecule has 0 N–H and O–H groups in total. The molecule has 1 aliphatic rings. The van der Waals surface area contributed by atoms with Gasteiger partial charge in [0.05, 0.1) is 6.26 Å². The summed E-state index contributed by atoms with van der Waals surface area (Å²) >= 11 is 0. The number of imidazole rings is 1. The van der Waals surface area contributed by atoms with E-state index in [1.54, 1.807) is 6.26 Å². The van der Waals surface area contributed by atoms with E-state index in [2.05, 4.69) is 21.4 Å². The molecule has 0 saturated carbocycles. The Kier molecular flexibility index (Phi) is 3.87. The maximum Gasteiger partial charge on any atom is 0.206 e. The molecular weight excluding hydrogens is 288 g/mol. The van der Waals surface area contributed by atoms with Crippen LogP contribution in [0.25, 0.3) is 17.0 Å². The molecule has 0 aromatic carbocycles. The van der Waals surface area contributed by atoms with Crippen LogP contribution < -0.4 is 0 Å². The highest BCUT2D eigenvalue weighted by molar-refractivity contribution is 5.73. The summed E-state index contributed by atoms with van der Waals surface area (Å²) in [5, 5.41) is 0. The number of rotatable bonds is 4. The average molecular weight is 310 g/mol. The van der Waals surface area contributed by atoms with Gasteiger partial charge in [0, 0.05) is 25.2 Å². The Balaban J connectivity index is 1.70. The van der Waals surface area contributed by atoms with E-state index in [0.717, 1.165) is 42.4 Å². The molecule has 23 heavy (non-hydrogen) atoms. The lowest BCUT2D eigenvalue weighted by Crippen LogP contribution is -2.36. The average Bonchev–Trinajstić information content (AvgIpc) is 3.21. The van der Waals surface area contributed by atoms with Crippen LogP contribution in [0.15, 0.2) is 41.1 Å². The lowest BCUT2D eigenvalue weighted by Gasteiger charge is -2.31. The lowest BCUT2D eigenvalue weighted by atomic mass is 9.94. The van der Waals surface area contributed by atoms with Crippen LogP contribution in [0.4, 0.5) is 0 Å². The Morgan fingerprint density at radius 2 is 2.26 bits per heavy atom. The van der Waals surface area contributed by atoms with E-state index in [1.165, 1.54) is 19.4 Å². The third-order valence-corrected chi connectivity index (χ3v) is 4.73. The molecule has 1 saturated heterocycles. The van der Waals surface area contributed by atoms with Crippen molar-refractivity contribution >= 4 is 11.2 Å². The summed E-state index contributed by atoms with van der Waals surface area (Å²) in [5.41, 5.74) is 1.81. The maximum atomic E-state index is 5.63. The summed E-state index contributed by atoms with van der Waals surface area (Å²) in [5.74, 6) is 2.50. The standard InChI is InChI=1S/C18H22N4O/c1-2-21-10-4-6-14(13-21)12-16-20-15-7-3-9-19-18(15)22(16)17-8-5-11-23-17/h3,5,7-9,11,14H,2,4,6,10,12-13H2,1H3. The van der Waals surface area contributed by atoms with Gasteiger partial charge in [-0.2, -0.15) is 0 Å². The summed E-state index contributed by atoms with van der Waals surface area (Å²) in [6.07, 6.45) is 7.02. The number of hydrogen-bond donors (Lipinski definition) is 0. The van der Waals surface area contributed by atoms with Crippen LogP contribution in [-0.4, -0.2) is 39.1 Å². The fourth-order valence-corrected chi connectivity index (χ4v) is 3.59. The first kappa shape index (κ1) is 14.5. The van der Waals surface area contributed by atoms with E-state index in [1.807, 2.05) is 30.5 Å². The molecule has 0 radical (unpaired) electrons. The maximum absolute atomic E-state index is 5.63. The lowest BCUT2D eigenvalue weighted by molar-refractivity contribution is 0.180. The molecule has 1 aliphatic heterocycles. The first-order chi connectivity index (χ1) is 11.3. The van der Waals surface area contributed by atoms with Crippen molar-refractivity contribution in [2.24, 2.45) is 5.92 Å². The molecule has 0 amide bonds. The highest BCUT2D eigenvalue weighted by atomic mass is 16.3. The van der Waals surface area contributed by atoms with Crippen molar-refractivity contribution in [1.82, 2.24) is 19.4 Å². The number of pyridine rings is 1. The normalized spacial score (nSPS) is 19.4. The molecule has 1 unspecified atom stereocenters. The topological polar surface area (TPSA) is 47.1 Å². The second-order valence-electron chi connectivity index (χ2n) is 6.27. The van der Waals surface area contributed by atoms with Crippen molar-refractivity contribution in [1.29, 1.82) is 0 Å². The second kappa shape index (κ2) is 6.16. The van der Waals surface area contributed by atoms with Crippen LogP contribution >= 0.6 is 0 Å². The van der Waals surface area contributed by atoms with E-state index in [-0.39, 0.29) is 0 Å². The SMILES string of the molecule is CCN1CCCC(Cc2nc3cccnc3n2-c2ccco2)C1.